The van der Waals surface area contributed by atoms with Gasteiger partial charge >= 0.3 is 0 Å². The number of halogens is 2. The summed E-state index contributed by atoms with van der Waals surface area (Å²) in [5, 5.41) is 16.5. The van der Waals surface area contributed by atoms with Gasteiger partial charge in [0.25, 0.3) is 0 Å². The van der Waals surface area contributed by atoms with Gasteiger partial charge in [-0.3, -0.25) is 4.79 Å². The second-order valence-corrected chi connectivity index (χ2v) is 7.50. The number of aryl methyl sites for hydroxylation is 1. The first kappa shape index (κ1) is 21.9. The van der Waals surface area contributed by atoms with Crippen LogP contribution in [0.25, 0.3) is 16.9 Å². The highest BCUT2D eigenvalue weighted by Crippen LogP contribution is 2.25. The Bertz CT molecular complexity index is 1310. The molecule has 4 rings (SSSR count). The Labute approximate surface area is 189 Å². The lowest BCUT2D eigenvalue weighted by atomic mass is 10.1. The van der Waals surface area contributed by atoms with Gasteiger partial charge in [-0.2, -0.15) is 10.4 Å². The molecule has 1 amide bonds. The smallest absolute Gasteiger partial charge is 0.220 e. The summed E-state index contributed by atoms with van der Waals surface area (Å²) in [7, 11) is 0. The highest BCUT2D eigenvalue weighted by molar-refractivity contribution is 5.76. The minimum absolute atomic E-state index is 0.153. The van der Waals surface area contributed by atoms with Crippen molar-refractivity contribution in [3.8, 4) is 23.0 Å². The van der Waals surface area contributed by atoms with E-state index in [1.165, 1.54) is 24.3 Å². The third-order valence-corrected chi connectivity index (χ3v) is 5.13. The Hall–Kier alpha value is -4.31. The number of carbonyl (C=O) groups is 1. The van der Waals surface area contributed by atoms with Crippen molar-refractivity contribution in [3.63, 3.8) is 0 Å². The number of nitrogens with zero attached hydrogens (tertiary/aromatic N) is 3. The topological polar surface area (TPSA) is 70.7 Å². The van der Waals surface area contributed by atoms with Gasteiger partial charge in [-0.05, 0) is 60.2 Å². The predicted molar refractivity (Wildman–Crippen MR) is 120 cm³/mol. The normalized spacial score (nSPS) is 10.6. The van der Waals surface area contributed by atoms with Gasteiger partial charge in [0, 0.05) is 24.9 Å². The summed E-state index contributed by atoms with van der Waals surface area (Å²) in [5.41, 5.74) is 4.06. The molecule has 0 saturated carbocycles. The Morgan fingerprint density at radius 1 is 0.970 bits per heavy atom. The number of amides is 1. The van der Waals surface area contributed by atoms with Crippen LogP contribution in [0.3, 0.4) is 0 Å². The van der Waals surface area contributed by atoms with Crippen LogP contribution in [0, 0.1) is 23.0 Å². The highest BCUT2D eigenvalue weighted by Gasteiger charge is 2.14. The van der Waals surface area contributed by atoms with E-state index in [9.17, 15) is 13.6 Å². The lowest BCUT2D eigenvalue weighted by Crippen LogP contribution is -2.23. The van der Waals surface area contributed by atoms with Gasteiger partial charge < -0.3 is 5.32 Å². The van der Waals surface area contributed by atoms with Crippen LogP contribution in [-0.2, 0) is 17.8 Å². The number of aromatic nitrogens is 2. The SMILES string of the molecule is N#Cc1ccc(-n2nc(CCC(=O)NCc3ccc(F)cc3)cc2-c2cccc(F)c2)cc1. The molecule has 0 atom stereocenters. The van der Waals surface area contributed by atoms with Crippen LogP contribution in [0.4, 0.5) is 8.78 Å². The summed E-state index contributed by atoms with van der Waals surface area (Å²) >= 11 is 0. The molecule has 0 bridgehead atoms. The van der Waals surface area contributed by atoms with Crippen LogP contribution in [0.15, 0.2) is 78.9 Å². The number of benzene rings is 3. The van der Waals surface area contributed by atoms with Crippen molar-refractivity contribution in [2.45, 2.75) is 19.4 Å². The first-order valence-corrected chi connectivity index (χ1v) is 10.4. The van der Waals surface area contributed by atoms with Gasteiger partial charge in [0.05, 0.1) is 28.7 Å². The quantitative estimate of drug-likeness (QED) is 0.441. The predicted octanol–water partition coefficient (Wildman–Crippen LogP) is 4.94. The first-order chi connectivity index (χ1) is 16.0. The minimum Gasteiger partial charge on any atom is -0.352 e. The number of nitrogens with one attached hydrogen (secondary N) is 1. The highest BCUT2D eigenvalue weighted by atomic mass is 19.1. The molecule has 4 aromatic rings. The lowest BCUT2D eigenvalue weighted by Gasteiger charge is -2.08. The van der Waals surface area contributed by atoms with Crippen LogP contribution in [-0.4, -0.2) is 15.7 Å². The van der Waals surface area contributed by atoms with Crippen LogP contribution in [0.2, 0.25) is 0 Å². The summed E-state index contributed by atoms with van der Waals surface area (Å²) in [6.45, 7) is 0.313. The Morgan fingerprint density at radius 3 is 2.42 bits per heavy atom. The van der Waals surface area contributed by atoms with E-state index in [0.717, 1.165) is 11.3 Å². The number of carbonyl (C=O) groups excluding carboxylic acids is 1. The van der Waals surface area contributed by atoms with Crippen molar-refractivity contribution in [3.05, 3.63) is 107 Å². The van der Waals surface area contributed by atoms with Crippen molar-refractivity contribution < 1.29 is 13.6 Å². The third kappa shape index (κ3) is 5.49. The first-order valence-electron chi connectivity index (χ1n) is 10.4. The van der Waals surface area contributed by atoms with E-state index in [-0.39, 0.29) is 24.0 Å². The fraction of sp³-hybridized carbons (Fsp3) is 0.115. The van der Waals surface area contributed by atoms with Crippen molar-refractivity contribution in [2.75, 3.05) is 0 Å². The molecular formula is C26H20F2N4O. The largest absolute Gasteiger partial charge is 0.352 e. The number of hydrogen-bond donors (Lipinski definition) is 1. The fourth-order valence-electron chi connectivity index (χ4n) is 3.41. The molecule has 0 aliphatic rings. The minimum atomic E-state index is -0.359. The molecule has 33 heavy (non-hydrogen) atoms. The van der Waals surface area contributed by atoms with E-state index in [1.54, 1.807) is 53.2 Å². The Balaban J connectivity index is 1.51. The van der Waals surface area contributed by atoms with Crippen molar-refractivity contribution in [1.29, 1.82) is 5.26 Å². The van der Waals surface area contributed by atoms with Crippen molar-refractivity contribution in [1.82, 2.24) is 15.1 Å². The van der Waals surface area contributed by atoms with Crippen LogP contribution < -0.4 is 5.32 Å². The molecule has 0 saturated heterocycles. The molecule has 5 nitrogen and oxygen atoms in total. The van der Waals surface area contributed by atoms with E-state index >= 15 is 0 Å². The average Bonchev–Trinajstić information content (AvgIpc) is 3.27. The van der Waals surface area contributed by atoms with E-state index in [4.69, 9.17) is 5.26 Å². The van der Waals surface area contributed by atoms with E-state index in [0.29, 0.717) is 35.5 Å². The fourth-order valence-corrected chi connectivity index (χ4v) is 3.41. The number of nitriles is 1. The van der Waals surface area contributed by atoms with Gasteiger partial charge in [0.15, 0.2) is 0 Å². The Kier molecular flexibility index (Phi) is 6.56. The van der Waals surface area contributed by atoms with Crippen molar-refractivity contribution >= 4 is 5.91 Å². The van der Waals surface area contributed by atoms with E-state index in [1.807, 2.05) is 6.07 Å². The average molecular weight is 442 g/mol. The number of rotatable bonds is 7. The maximum absolute atomic E-state index is 13.9. The maximum atomic E-state index is 13.9. The molecule has 7 heteroatoms. The molecular weight excluding hydrogens is 422 g/mol. The molecule has 0 aliphatic carbocycles. The number of hydrogen-bond acceptors (Lipinski definition) is 3. The van der Waals surface area contributed by atoms with Crippen molar-refractivity contribution in [2.24, 2.45) is 0 Å². The van der Waals surface area contributed by atoms with Crippen LogP contribution in [0.1, 0.15) is 23.2 Å². The lowest BCUT2D eigenvalue weighted by molar-refractivity contribution is -0.121. The second kappa shape index (κ2) is 9.88. The molecule has 0 unspecified atom stereocenters. The Morgan fingerprint density at radius 2 is 1.73 bits per heavy atom. The van der Waals surface area contributed by atoms with Gasteiger partial charge in [-0.25, -0.2) is 13.5 Å². The molecule has 1 heterocycles. The van der Waals surface area contributed by atoms with Gasteiger partial charge in [-0.15, -0.1) is 0 Å². The summed E-state index contributed by atoms with van der Waals surface area (Å²) in [4.78, 5) is 12.3. The van der Waals surface area contributed by atoms with Crippen LogP contribution in [0.5, 0.6) is 0 Å². The summed E-state index contributed by atoms with van der Waals surface area (Å²) < 4.78 is 28.5. The van der Waals surface area contributed by atoms with E-state index < -0.39 is 0 Å². The monoisotopic (exact) mass is 442 g/mol. The second-order valence-electron chi connectivity index (χ2n) is 7.50. The molecule has 3 aromatic carbocycles. The van der Waals surface area contributed by atoms with Gasteiger partial charge in [-0.1, -0.05) is 24.3 Å². The standard InChI is InChI=1S/C26H20F2N4O/c27-21-8-4-19(5-9-21)17-30-26(33)13-10-23-15-25(20-2-1-3-22(28)14-20)32(31-23)24-11-6-18(16-29)7-12-24/h1-9,11-12,14-15H,10,13,17H2,(H,30,33). The van der Waals surface area contributed by atoms with Crippen LogP contribution >= 0.6 is 0 Å². The summed E-state index contributed by atoms with van der Waals surface area (Å²) in [6, 6.07) is 23.0. The molecule has 0 fully saturated rings. The maximum Gasteiger partial charge on any atom is 0.220 e. The summed E-state index contributed by atoms with van der Waals surface area (Å²) in [6.07, 6.45) is 0.606. The molecule has 164 valence electrons. The molecule has 1 N–H and O–H groups in total. The van der Waals surface area contributed by atoms with E-state index in [2.05, 4.69) is 16.5 Å². The zero-order valence-electron chi connectivity index (χ0n) is 17.6. The van der Waals surface area contributed by atoms with Gasteiger partial charge in [0.2, 0.25) is 5.91 Å². The zero-order chi connectivity index (χ0) is 23.2. The molecule has 0 radical (unpaired) electrons. The molecule has 0 aliphatic heterocycles. The zero-order valence-corrected chi connectivity index (χ0v) is 17.6. The molecule has 0 spiro atoms. The molecule has 1 aromatic heterocycles. The summed E-state index contributed by atoms with van der Waals surface area (Å²) in [5.74, 6) is -0.835. The van der Waals surface area contributed by atoms with Gasteiger partial charge in [0.1, 0.15) is 11.6 Å². The third-order valence-electron chi connectivity index (χ3n) is 5.13.